The van der Waals surface area contributed by atoms with E-state index in [4.69, 9.17) is 10.6 Å². The van der Waals surface area contributed by atoms with E-state index < -0.39 is 0 Å². The van der Waals surface area contributed by atoms with Crippen LogP contribution in [0.2, 0.25) is 0 Å². The number of hydrogen-bond acceptors (Lipinski definition) is 3. The van der Waals surface area contributed by atoms with Gasteiger partial charge in [0.25, 0.3) is 0 Å². The fourth-order valence-electron chi connectivity index (χ4n) is 2.28. The van der Waals surface area contributed by atoms with Crippen LogP contribution in [0.3, 0.4) is 0 Å². The molecule has 2 atom stereocenters. The van der Waals surface area contributed by atoms with E-state index >= 15 is 0 Å². The standard InChI is InChI=1S/C14H24N2O/c1-5-6-11(3)14(16-15)12-9-10(2)7-8-13(12)17-4/h7-9,11,14,16H,5-6,15H2,1-4H3. The van der Waals surface area contributed by atoms with Crippen molar-refractivity contribution in [3.63, 3.8) is 0 Å². The van der Waals surface area contributed by atoms with Crippen LogP contribution in [0.1, 0.15) is 43.9 Å². The molecule has 0 spiro atoms. The topological polar surface area (TPSA) is 47.3 Å². The molecule has 0 aromatic heterocycles. The first-order chi connectivity index (χ1) is 8.13. The van der Waals surface area contributed by atoms with E-state index in [0.717, 1.165) is 24.2 Å². The molecule has 1 aromatic rings. The van der Waals surface area contributed by atoms with Crippen LogP contribution in [-0.4, -0.2) is 7.11 Å². The molecule has 0 aliphatic carbocycles. The molecule has 0 amide bonds. The first-order valence-electron chi connectivity index (χ1n) is 6.24. The first kappa shape index (κ1) is 14.0. The van der Waals surface area contributed by atoms with Gasteiger partial charge in [0.2, 0.25) is 0 Å². The molecule has 0 saturated heterocycles. The molecule has 0 fully saturated rings. The molecule has 3 heteroatoms. The molecule has 96 valence electrons. The summed E-state index contributed by atoms with van der Waals surface area (Å²) < 4.78 is 5.42. The number of ether oxygens (including phenoxy) is 1. The van der Waals surface area contributed by atoms with Gasteiger partial charge in [-0.1, -0.05) is 38.0 Å². The lowest BCUT2D eigenvalue weighted by Gasteiger charge is -2.25. The third kappa shape index (κ3) is 3.45. The molecular weight excluding hydrogens is 212 g/mol. The predicted octanol–water partition coefficient (Wildman–Crippen LogP) is 2.94. The van der Waals surface area contributed by atoms with E-state index in [-0.39, 0.29) is 6.04 Å². The molecule has 0 radical (unpaired) electrons. The third-order valence-corrected chi connectivity index (χ3v) is 3.21. The number of hydrazine groups is 1. The molecule has 1 aromatic carbocycles. The lowest BCUT2D eigenvalue weighted by Crippen LogP contribution is -2.32. The van der Waals surface area contributed by atoms with E-state index in [1.807, 2.05) is 6.07 Å². The zero-order chi connectivity index (χ0) is 12.8. The van der Waals surface area contributed by atoms with Crippen molar-refractivity contribution in [2.45, 2.75) is 39.7 Å². The number of rotatable bonds is 6. The van der Waals surface area contributed by atoms with Crippen LogP contribution in [0.15, 0.2) is 18.2 Å². The minimum Gasteiger partial charge on any atom is -0.496 e. The zero-order valence-corrected chi connectivity index (χ0v) is 11.3. The van der Waals surface area contributed by atoms with Crippen LogP contribution in [0, 0.1) is 12.8 Å². The summed E-state index contributed by atoms with van der Waals surface area (Å²) in [5, 5.41) is 0. The summed E-state index contributed by atoms with van der Waals surface area (Å²) in [5.74, 6) is 7.10. The Morgan fingerprint density at radius 2 is 2.12 bits per heavy atom. The van der Waals surface area contributed by atoms with Crippen molar-refractivity contribution in [2.75, 3.05) is 7.11 Å². The summed E-state index contributed by atoms with van der Waals surface area (Å²) in [5.41, 5.74) is 5.30. The Hall–Kier alpha value is -1.06. The summed E-state index contributed by atoms with van der Waals surface area (Å²) in [7, 11) is 1.70. The summed E-state index contributed by atoms with van der Waals surface area (Å²) in [6.07, 6.45) is 2.31. The largest absolute Gasteiger partial charge is 0.496 e. The quantitative estimate of drug-likeness (QED) is 0.589. The van der Waals surface area contributed by atoms with Gasteiger partial charge in [-0.25, -0.2) is 0 Å². The number of methoxy groups -OCH3 is 1. The molecule has 0 heterocycles. The Bertz CT molecular complexity index is 352. The Morgan fingerprint density at radius 3 is 2.65 bits per heavy atom. The molecule has 0 bridgehead atoms. The van der Waals surface area contributed by atoms with E-state index in [2.05, 4.69) is 38.3 Å². The first-order valence-corrected chi connectivity index (χ1v) is 6.24. The summed E-state index contributed by atoms with van der Waals surface area (Å²) in [6.45, 7) is 6.49. The monoisotopic (exact) mass is 236 g/mol. The van der Waals surface area contributed by atoms with Gasteiger partial charge >= 0.3 is 0 Å². The lowest BCUT2D eigenvalue weighted by molar-refractivity contribution is 0.345. The van der Waals surface area contributed by atoms with Crippen molar-refractivity contribution in [2.24, 2.45) is 11.8 Å². The maximum Gasteiger partial charge on any atom is 0.123 e. The number of benzene rings is 1. The Kier molecular flexibility index (Phi) is 5.45. The molecule has 3 N–H and O–H groups in total. The van der Waals surface area contributed by atoms with Gasteiger partial charge in [0.05, 0.1) is 13.2 Å². The van der Waals surface area contributed by atoms with Crippen molar-refractivity contribution in [1.82, 2.24) is 5.43 Å². The van der Waals surface area contributed by atoms with Crippen molar-refractivity contribution in [1.29, 1.82) is 0 Å². The summed E-state index contributed by atoms with van der Waals surface area (Å²) in [4.78, 5) is 0. The molecule has 17 heavy (non-hydrogen) atoms. The molecule has 0 aliphatic rings. The van der Waals surface area contributed by atoms with Crippen molar-refractivity contribution < 1.29 is 4.74 Å². The fraction of sp³-hybridized carbons (Fsp3) is 0.571. The normalized spacial score (nSPS) is 14.4. The highest BCUT2D eigenvalue weighted by molar-refractivity contribution is 5.39. The molecular formula is C14H24N2O. The van der Waals surface area contributed by atoms with Gasteiger partial charge < -0.3 is 4.74 Å². The van der Waals surface area contributed by atoms with Crippen LogP contribution >= 0.6 is 0 Å². The van der Waals surface area contributed by atoms with E-state index in [1.165, 1.54) is 5.56 Å². The van der Waals surface area contributed by atoms with Crippen LogP contribution in [0.4, 0.5) is 0 Å². The van der Waals surface area contributed by atoms with Crippen molar-refractivity contribution in [3.8, 4) is 5.75 Å². The lowest BCUT2D eigenvalue weighted by atomic mass is 9.90. The van der Waals surface area contributed by atoms with E-state index in [9.17, 15) is 0 Å². The predicted molar refractivity (Wildman–Crippen MR) is 71.9 cm³/mol. The average Bonchev–Trinajstić information content (AvgIpc) is 2.31. The number of nitrogens with one attached hydrogen (secondary N) is 1. The van der Waals surface area contributed by atoms with Crippen molar-refractivity contribution >= 4 is 0 Å². The molecule has 1 rings (SSSR count). The van der Waals surface area contributed by atoms with Crippen LogP contribution < -0.4 is 16.0 Å². The zero-order valence-electron chi connectivity index (χ0n) is 11.3. The second-order valence-electron chi connectivity index (χ2n) is 4.66. The molecule has 0 aliphatic heterocycles. The summed E-state index contributed by atoms with van der Waals surface area (Å²) >= 11 is 0. The Morgan fingerprint density at radius 1 is 1.41 bits per heavy atom. The second kappa shape index (κ2) is 6.62. The average molecular weight is 236 g/mol. The fourth-order valence-corrected chi connectivity index (χ4v) is 2.28. The minimum atomic E-state index is 0.143. The maximum atomic E-state index is 5.70. The van der Waals surface area contributed by atoms with Crippen LogP contribution in [-0.2, 0) is 0 Å². The number of nitrogens with two attached hydrogens (primary N) is 1. The third-order valence-electron chi connectivity index (χ3n) is 3.21. The highest BCUT2D eigenvalue weighted by Gasteiger charge is 2.20. The minimum absolute atomic E-state index is 0.143. The van der Waals surface area contributed by atoms with Gasteiger partial charge in [-0.15, -0.1) is 0 Å². The van der Waals surface area contributed by atoms with Crippen LogP contribution in [0.25, 0.3) is 0 Å². The van der Waals surface area contributed by atoms with Gasteiger partial charge in [-0.3, -0.25) is 11.3 Å². The van der Waals surface area contributed by atoms with Crippen LogP contribution in [0.5, 0.6) is 5.75 Å². The smallest absolute Gasteiger partial charge is 0.123 e. The van der Waals surface area contributed by atoms with Crippen molar-refractivity contribution in [3.05, 3.63) is 29.3 Å². The van der Waals surface area contributed by atoms with E-state index in [1.54, 1.807) is 7.11 Å². The molecule has 0 saturated carbocycles. The Labute approximate surface area is 104 Å². The van der Waals surface area contributed by atoms with Gasteiger partial charge in [0, 0.05) is 5.56 Å². The maximum absolute atomic E-state index is 5.70. The van der Waals surface area contributed by atoms with Gasteiger partial charge in [-0.2, -0.15) is 0 Å². The van der Waals surface area contributed by atoms with Gasteiger partial charge in [0.15, 0.2) is 0 Å². The molecule has 3 nitrogen and oxygen atoms in total. The number of hydrogen-bond donors (Lipinski definition) is 2. The van der Waals surface area contributed by atoms with Gasteiger partial charge in [-0.05, 0) is 25.3 Å². The molecule has 2 unspecified atom stereocenters. The highest BCUT2D eigenvalue weighted by Crippen LogP contribution is 2.32. The number of aryl methyl sites for hydroxylation is 1. The summed E-state index contributed by atoms with van der Waals surface area (Å²) in [6, 6.07) is 6.36. The van der Waals surface area contributed by atoms with E-state index in [0.29, 0.717) is 5.92 Å². The SMILES string of the molecule is CCCC(C)C(NN)c1cc(C)ccc1OC. The van der Waals surface area contributed by atoms with Gasteiger partial charge in [0.1, 0.15) is 5.75 Å². The highest BCUT2D eigenvalue weighted by atomic mass is 16.5. The second-order valence-corrected chi connectivity index (χ2v) is 4.66. The Balaban J connectivity index is 3.05.